The van der Waals surface area contributed by atoms with Gasteiger partial charge in [-0.1, -0.05) is 30.3 Å². The van der Waals surface area contributed by atoms with Gasteiger partial charge in [-0.25, -0.2) is 4.79 Å². The van der Waals surface area contributed by atoms with Crippen molar-refractivity contribution in [3.8, 4) is 0 Å². The summed E-state index contributed by atoms with van der Waals surface area (Å²) in [5.74, 6) is 0. The van der Waals surface area contributed by atoms with Crippen molar-refractivity contribution in [2.75, 3.05) is 13.1 Å². The highest BCUT2D eigenvalue weighted by molar-refractivity contribution is 5.68. The predicted molar refractivity (Wildman–Crippen MR) is 66.1 cm³/mol. The second kappa shape index (κ2) is 4.28. The van der Waals surface area contributed by atoms with E-state index in [2.05, 4.69) is 0 Å². The van der Waals surface area contributed by atoms with E-state index in [0.717, 1.165) is 18.5 Å². The molecule has 1 aromatic carbocycles. The third-order valence-electron chi connectivity index (χ3n) is 3.66. The molecule has 2 heterocycles. The van der Waals surface area contributed by atoms with Crippen LogP contribution in [0.4, 0.5) is 4.79 Å². The Morgan fingerprint density at radius 1 is 1.50 bits per heavy atom. The van der Waals surface area contributed by atoms with E-state index in [-0.39, 0.29) is 11.7 Å². The standard InChI is InChI=1S/C14H17NO3/c1-14-10-15(8-7-12(14)18-14)13(16)17-9-11-5-3-2-4-6-11/h2-6,12H,7-10H2,1H3/t12-,14-/m1/s1. The molecule has 2 saturated heterocycles. The lowest BCUT2D eigenvalue weighted by atomic mass is 10.0. The number of hydrogen-bond acceptors (Lipinski definition) is 3. The third-order valence-corrected chi connectivity index (χ3v) is 3.66. The van der Waals surface area contributed by atoms with Crippen molar-refractivity contribution in [2.24, 2.45) is 0 Å². The quantitative estimate of drug-likeness (QED) is 0.752. The number of piperidine rings is 1. The molecular formula is C14H17NO3. The fourth-order valence-corrected chi connectivity index (χ4v) is 2.49. The Hall–Kier alpha value is -1.55. The lowest BCUT2D eigenvalue weighted by molar-refractivity contribution is 0.0855. The topological polar surface area (TPSA) is 42.1 Å². The summed E-state index contributed by atoms with van der Waals surface area (Å²) in [5.41, 5.74) is 0.888. The van der Waals surface area contributed by atoms with Crippen molar-refractivity contribution in [3.63, 3.8) is 0 Å². The summed E-state index contributed by atoms with van der Waals surface area (Å²) in [6, 6.07) is 9.72. The number of ether oxygens (including phenoxy) is 2. The summed E-state index contributed by atoms with van der Waals surface area (Å²) in [7, 11) is 0. The maximum Gasteiger partial charge on any atom is 0.410 e. The van der Waals surface area contributed by atoms with Gasteiger partial charge in [0.15, 0.2) is 0 Å². The molecule has 0 spiro atoms. The van der Waals surface area contributed by atoms with Crippen molar-refractivity contribution in [2.45, 2.75) is 31.7 Å². The molecule has 0 aliphatic carbocycles. The minimum atomic E-state index is -0.242. The minimum absolute atomic E-state index is 0.121. The van der Waals surface area contributed by atoms with Crippen LogP contribution in [0.25, 0.3) is 0 Å². The summed E-state index contributed by atoms with van der Waals surface area (Å²) >= 11 is 0. The fraction of sp³-hybridized carbons (Fsp3) is 0.500. The molecule has 2 atom stereocenters. The average molecular weight is 247 g/mol. The van der Waals surface area contributed by atoms with Gasteiger partial charge in [-0.15, -0.1) is 0 Å². The normalized spacial score (nSPS) is 29.6. The summed E-state index contributed by atoms with van der Waals surface area (Å²) in [4.78, 5) is 13.7. The third kappa shape index (κ3) is 2.20. The van der Waals surface area contributed by atoms with E-state index >= 15 is 0 Å². The van der Waals surface area contributed by atoms with E-state index in [1.807, 2.05) is 37.3 Å². The van der Waals surface area contributed by atoms with Crippen LogP contribution >= 0.6 is 0 Å². The maximum absolute atomic E-state index is 11.9. The Morgan fingerprint density at radius 3 is 3.00 bits per heavy atom. The van der Waals surface area contributed by atoms with E-state index in [9.17, 15) is 4.79 Å². The highest BCUT2D eigenvalue weighted by Gasteiger charge is 2.56. The molecule has 0 bridgehead atoms. The number of amides is 1. The van der Waals surface area contributed by atoms with Crippen LogP contribution in [0.1, 0.15) is 18.9 Å². The SMILES string of the molecule is C[C@@]12CN(C(=O)OCc3ccccc3)CC[C@H]1O2. The molecule has 3 rings (SSSR count). The summed E-state index contributed by atoms with van der Waals surface area (Å²) in [5, 5.41) is 0. The summed E-state index contributed by atoms with van der Waals surface area (Å²) in [6.45, 7) is 3.75. The number of benzene rings is 1. The Morgan fingerprint density at radius 2 is 2.28 bits per heavy atom. The molecule has 0 aromatic heterocycles. The first kappa shape index (κ1) is 11.5. The van der Waals surface area contributed by atoms with Crippen LogP contribution in [0, 0.1) is 0 Å². The zero-order valence-electron chi connectivity index (χ0n) is 10.5. The van der Waals surface area contributed by atoms with Gasteiger partial charge in [-0.3, -0.25) is 0 Å². The highest BCUT2D eigenvalue weighted by Crippen LogP contribution is 2.42. The number of rotatable bonds is 2. The van der Waals surface area contributed by atoms with Crippen LogP contribution < -0.4 is 0 Å². The number of carbonyl (C=O) groups is 1. The van der Waals surface area contributed by atoms with E-state index in [1.54, 1.807) is 4.90 Å². The molecule has 18 heavy (non-hydrogen) atoms. The van der Waals surface area contributed by atoms with Crippen molar-refractivity contribution in [3.05, 3.63) is 35.9 Å². The second-order valence-electron chi connectivity index (χ2n) is 5.17. The van der Waals surface area contributed by atoms with E-state index in [0.29, 0.717) is 19.3 Å². The van der Waals surface area contributed by atoms with Gasteiger partial charge >= 0.3 is 6.09 Å². The zero-order chi connectivity index (χ0) is 12.6. The molecule has 1 amide bonds. The van der Waals surface area contributed by atoms with E-state index in [1.165, 1.54) is 0 Å². The van der Waals surface area contributed by atoms with Gasteiger partial charge < -0.3 is 14.4 Å². The molecule has 2 fully saturated rings. The summed E-state index contributed by atoms with van der Waals surface area (Å²) < 4.78 is 10.9. The number of carbonyl (C=O) groups excluding carboxylic acids is 1. The van der Waals surface area contributed by atoms with Crippen LogP contribution in [0.15, 0.2) is 30.3 Å². The van der Waals surface area contributed by atoms with Gasteiger partial charge in [0.2, 0.25) is 0 Å². The number of epoxide rings is 1. The maximum atomic E-state index is 11.9. The Balaban J connectivity index is 1.52. The number of likely N-dealkylation sites (tertiary alicyclic amines) is 1. The lowest BCUT2D eigenvalue weighted by Gasteiger charge is -2.27. The average Bonchev–Trinajstić information content (AvgIpc) is 3.07. The molecule has 0 N–H and O–H groups in total. The van der Waals surface area contributed by atoms with Gasteiger partial charge in [-0.05, 0) is 18.9 Å². The van der Waals surface area contributed by atoms with E-state index in [4.69, 9.17) is 9.47 Å². The first-order valence-electron chi connectivity index (χ1n) is 6.31. The first-order valence-corrected chi connectivity index (χ1v) is 6.31. The second-order valence-corrected chi connectivity index (χ2v) is 5.17. The Kier molecular flexibility index (Phi) is 2.74. The van der Waals surface area contributed by atoms with Crippen LogP contribution in [-0.4, -0.2) is 35.8 Å². The highest BCUT2D eigenvalue weighted by atomic mass is 16.6. The molecule has 4 heteroatoms. The number of hydrogen-bond donors (Lipinski definition) is 0. The molecule has 1 aromatic rings. The van der Waals surface area contributed by atoms with Crippen molar-refractivity contribution in [1.82, 2.24) is 4.90 Å². The minimum Gasteiger partial charge on any atom is -0.445 e. The number of nitrogens with zero attached hydrogens (tertiary/aromatic N) is 1. The van der Waals surface area contributed by atoms with Gasteiger partial charge in [0.05, 0.1) is 12.6 Å². The predicted octanol–water partition coefficient (Wildman–Crippen LogP) is 2.19. The largest absolute Gasteiger partial charge is 0.445 e. The monoisotopic (exact) mass is 247 g/mol. The van der Waals surface area contributed by atoms with Crippen LogP contribution in [-0.2, 0) is 16.1 Å². The van der Waals surface area contributed by atoms with Crippen LogP contribution in [0.2, 0.25) is 0 Å². The van der Waals surface area contributed by atoms with Gasteiger partial charge in [0.25, 0.3) is 0 Å². The lowest BCUT2D eigenvalue weighted by Crippen LogP contribution is -2.43. The molecule has 2 aliphatic rings. The first-order chi connectivity index (χ1) is 8.67. The van der Waals surface area contributed by atoms with Crippen LogP contribution in [0.5, 0.6) is 0 Å². The summed E-state index contributed by atoms with van der Waals surface area (Å²) in [6.07, 6.45) is 1.02. The Bertz CT molecular complexity index is 448. The van der Waals surface area contributed by atoms with Crippen molar-refractivity contribution in [1.29, 1.82) is 0 Å². The molecular weight excluding hydrogens is 230 g/mol. The van der Waals surface area contributed by atoms with E-state index < -0.39 is 0 Å². The number of fused-ring (bicyclic) bond motifs is 1. The fourth-order valence-electron chi connectivity index (χ4n) is 2.49. The molecule has 2 aliphatic heterocycles. The van der Waals surface area contributed by atoms with Gasteiger partial charge in [0.1, 0.15) is 12.2 Å². The molecule has 0 radical (unpaired) electrons. The van der Waals surface area contributed by atoms with Gasteiger partial charge in [0, 0.05) is 6.54 Å². The molecule has 0 saturated carbocycles. The molecule has 96 valence electrons. The Labute approximate surface area is 106 Å². The van der Waals surface area contributed by atoms with Crippen molar-refractivity contribution >= 4 is 6.09 Å². The van der Waals surface area contributed by atoms with Crippen LogP contribution in [0.3, 0.4) is 0 Å². The zero-order valence-corrected chi connectivity index (χ0v) is 10.5. The molecule has 4 nitrogen and oxygen atoms in total. The molecule has 0 unspecified atom stereocenters. The van der Waals surface area contributed by atoms with Crippen molar-refractivity contribution < 1.29 is 14.3 Å². The smallest absolute Gasteiger partial charge is 0.410 e. The van der Waals surface area contributed by atoms with Gasteiger partial charge in [-0.2, -0.15) is 0 Å².